The Bertz CT molecular complexity index is 776. The fourth-order valence-corrected chi connectivity index (χ4v) is 2.14. The first-order valence-corrected chi connectivity index (χ1v) is 7.89. The second-order valence-corrected chi connectivity index (χ2v) is 5.46. The number of halogens is 1. The van der Waals surface area contributed by atoms with Crippen LogP contribution in [0.25, 0.3) is 0 Å². The van der Waals surface area contributed by atoms with Crippen LogP contribution < -0.4 is 14.8 Å². The van der Waals surface area contributed by atoms with Crippen LogP contribution in [-0.4, -0.2) is 32.2 Å². The highest BCUT2D eigenvalue weighted by molar-refractivity contribution is 5.92. The summed E-state index contributed by atoms with van der Waals surface area (Å²) in [4.78, 5) is 24.1. The molecule has 2 rings (SSSR count). The third kappa shape index (κ3) is 4.95. The summed E-state index contributed by atoms with van der Waals surface area (Å²) in [6, 6.07) is 10.9. The van der Waals surface area contributed by atoms with E-state index in [1.807, 2.05) is 12.1 Å². The average molecular weight is 361 g/mol. The van der Waals surface area contributed by atoms with Crippen LogP contribution in [0.2, 0.25) is 0 Å². The SMILES string of the molecule is COc1ccc(CNC(=O)[C@@H](C)OC(=O)c2ccc(OC)cc2F)cc1. The number of amides is 1. The van der Waals surface area contributed by atoms with Crippen LogP contribution in [0.3, 0.4) is 0 Å². The van der Waals surface area contributed by atoms with E-state index in [1.54, 1.807) is 19.2 Å². The molecule has 7 heteroatoms. The lowest BCUT2D eigenvalue weighted by Crippen LogP contribution is -2.35. The fourth-order valence-electron chi connectivity index (χ4n) is 2.14. The summed E-state index contributed by atoms with van der Waals surface area (Å²) >= 11 is 0. The Hall–Kier alpha value is -3.09. The smallest absolute Gasteiger partial charge is 0.341 e. The van der Waals surface area contributed by atoms with Crippen molar-refractivity contribution in [2.75, 3.05) is 14.2 Å². The number of hydrogen-bond acceptors (Lipinski definition) is 5. The first-order chi connectivity index (χ1) is 12.4. The zero-order chi connectivity index (χ0) is 19.1. The van der Waals surface area contributed by atoms with Gasteiger partial charge in [0.25, 0.3) is 5.91 Å². The number of carbonyl (C=O) groups is 2. The molecule has 0 heterocycles. The van der Waals surface area contributed by atoms with Crippen LogP contribution >= 0.6 is 0 Å². The number of ether oxygens (including phenoxy) is 3. The van der Waals surface area contributed by atoms with Gasteiger partial charge >= 0.3 is 5.97 Å². The summed E-state index contributed by atoms with van der Waals surface area (Å²) in [7, 11) is 2.96. The Labute approximate surface area is 150 Å². The first kappa shape index (κ1) is 19.2. The molecule has 1 atom stereocenters. The minimum atomic E-state index is -1.07. The Balaban J connectivity index is 1.90. The Morgan fingerprint density at radius 1 is 1.04 bits per heavy atom. The molecule has 0 fully saturated rings. The molecule has 0 aliphatic carbocycles. The quantitative estimate of drug-likeness (QED) is 0.768. The third-order valence-corrected chi connectivity index (χ3v) is 3.68. The highest BCUT2D eigenvalue weighted by Crippen LogP contribution is 2.17. The summed E-state index contributed by atoms with van der Waals surface area (Å²) in [5, 5.41) is 2.66. The van der Waals surface area contributed by atoms with E-state index in [9.17, 15) is 14.0 Å². The molecule has 6 nitrogen and oxygen atoms in total. The molecule has 0 spiro atoms. The van der Waals surface area contributed by atoms with Gasteiger partial charge < -0.3 is 19.5 Å². The Morgan fingerprint density at radius 2 is 1.65 bits per heavy atom. The number of benzene rings is 2. The summed E-state index contributed by atoms with van der Waals surface area (Å²) in [6.07, 6.45) is -1.07. The maximum absolute atomic E-state index is 13.9. The van der Waals surface area contributed by atoms with Gasteiger partial charge in [0.2, 0.25) is 0 Å². The molecule has 0 aliphatic heterocycles. The number of carbonyl (C=O) groups excluding carboxylic acids is 2. The lowest BCUT2D eigenvalue weighted by Gasteiger charge is -2.14. The van der Waals surface area contributed by atoms with E-state index >= 15 is 0 Å². The average Bonchev–Trinajstić information content (AvgIpc) is 2.66. The number of rotatable bonds is 7. The summed E-state index contributed by atoms with van der Waals surface area (Å²) in [6.45, 7) is 1.68. The molecule has 138 valence electrons. The molecule has 26 heavy (non-hydrogen) atoms. The number of esters is 1. The highest BCUT2D eigenvalue weighted by atomic mass is 19.1. The molecule has 1 N–H and O–H groups in total. The van der Waals surface area contributed by atoms with Gasteiger partial charge in [-0.3, -0.25) is 4.79 Å². The Morgan fingerprint density at radius 3 is 2.23 bits per heavy atom. The number of nitrogens with one attached hydrogen (secondary N) is 1. The molecule has 0 saturated carbocycles. The van der Waals surface area contributed by atoms with Crippen molar-refractivity contribution >= 4 is 11.9 Å². The van der Waals surface area contributed by atoms with Gasteiger partial charge in [-0.25, -0.2) is 9.18 Å². The maximum atomic E-state index is 13.9. The molecular weight excluding hydrogens is 341 g/mol. The molecule has 2 aromatic carbocycles. The van der Waals surface area contributed by atoms with Crippen LogP contribution in [-0.2, 0) is 16.1 Å². The predicted octanol–water partition coefficient (Wildman–Crippen LogP) is 2.70. The highest BCUT2D eigenvalue weighted by Gasteiger charge is 2.21. The van der Waals surface area contributed by atoms with Crippen molar-refractivity contribution in [3.8, 4) is 11.5 Å². The zero-order valence-corrected chi connectivity index (χ0v) is 14.7. The fraction of sp³-hybridized carbons (Fsp3) is 0.263. The van der Waals surface area contributed by atoms with Gasteiger partial charge in [-0.15, -0.1) is 0 Å². The molecule has 2 aromatic rings. The van der Waals surface area contributed by atoms with E-state index in [0.29, 0.717) is 5.75 Å². The first-order valence-electron chi connectivity index (χ1n) is 7.89. The van der Waals surface area contributed by atoms with Crippen LogP contribution in [0.4, 0.5) is 4.39 Å². The zero-order valence-electron chi connectivity index (χ0n) is 14.7. The molecule has 0 bridgehead atoms. The van der Waals surface area contributed by atoms with E-state index < -0.39 is 23.8 Å². The predicted molar refractivity (Wildman–Crippen MR) is 92.7 cm³/mol. The topological polar surface area (TPSA) is 73.9 Å². The van der Waals surface area contributed by atoms with Gasteiger partial charge in [-0.1, -0.05) is 12.1 Å². The molecule has 0 aromatic heterocycles. The van der Waals surface area contributed by atoms with Crippen molar-refractivity contribution in [3.63, 3.8) is 0 Å². The van der Waals surface area contributed by atoms with Crippen LogP contribution in [0.1, 0.15) is 22.8 Å². The lowest BCUT2D eigenvalue weighted by atomic mass is 10.2. The minimum absolute atomic E-state index is 0.263. The number of methoxy groups -OCH3 is 2. The normalized spacial score (nSPS) is 11.4. The lowest BCUT2D eigenvalue weighted by molar-refractivity contribution is -0.129. The van der Waals surface area contributed by atoms with Crippen LogP contribution in [0, 0.1) is 5.82 Å². The van der Waals surface area contributed by atoms with E-state index in [-0.39, 0.29) is 17.9 Å². The molecular formula is C19H20FNO5. The van der Waals surface area contributed by atoms with Crippen LogP contribution in [0.15, 0.2) is 42.5 Å². The third-order valence-electron chi connectivity index (χ3n) is 3.68. The minimum Gasteiger partial charge on any atom is -0.497 e. The van der Waals surface area contributed by atoms with E-state index in [4.69, 9.17) is 14.2 Å². The maximum Gasteiger partial charge on any atom is 0.341 e. The van der Waals surface area contributed by atoms with Gasteiger partial charge in [-0.05, 0) is 36.8 Å². The molecule has 0 aliphatic rings. The van der Waals surface area contributed by atoms with Crippen molar-refractivity contribution in [2.24, 2.45) is 0 Å². The molecule has 0 unspecified atom stereocenters. The Kier molecular flexibility index (Phi) is 6.54. The van der Waals surface area contributed by atoms with Crippen molar-refractivity contribution in [3.05, 3.63) is 59.4 Å². The number of hydrogen-bond donors (Lipinski definition) is 1. The van der Waals surface area contributed by atoms with Crippen LogP contribution in [0.5, 0.6) is 11.5 Å². The van der Waals surface area contributed by atoms with Crippen molar-refractivity contribution < 1.29 is 28.2 Å². The van der Waals surface area contributed by atoms with E-state index in [1.165, 1.54) is 26.2 Å². The van der Waals surface area contributed by atoms with E-state index in [2.05, 4.69) is 5.32 Å². The van der Waals surface area contributed by atoms with Crippen molar-refractivity contribution in [2.45, 2.75) is 19.6 Å². The second-order valence-electron chi connectivity index (χ2n) is 5.46. The monoisotopic (exact) mass is 361 g/mol. The summed E-state index contributed by atoms with van der Waals surface area (Å²) < 4.78 is 28.8. The van der Waals surface area contributed by atoms with Crippen molar-refractivity contribution in [1.82, 2.24) is 5.32 Å². The van der Waals surface area contributed by atoms with Gasteiger partial charge in [0, 0.05) is 12.6 Å². The molecule has 0 radical (unpaired) electrons. The second kappa shape index (κ2) is 8.84. The van der Waals surface area contributed by atoms with Crippen molar-refractivity contribution in [1.29, 1.82) is 0 Å². The summed E-state index contributed by atoms with van der Waals surface area (Å²) in [5.74, 6) is -1.19. The van der Waals surface area contributed by atoms with Gasteiger partial charge in [0.05, 0.1) is 19.8 Å². The molecule has 0 saturated heterocycles. The van der Waals surface area contributed by atoms with Gasteiger partial charge in [0.1, 0.15) is 17.3 Å². The largest absolute Gasteiger partial charge is 0.497 e. The molecule has 1 amide bonds. The summed E-state index contributed by atoms with van der Waals surface area (Å²) in [5.41, 5.74) is 0.597. The van der Waals surface area contributed by atoms with E-state index in [0.717, 1.165) is 11.6 Å². The standard InChI is InChI=1S/C19H20FNO5/c1-12(18(22)21-11-13-4-6-14(24-2)7-5-13)26-19(23)16-9-8-15(25-3)10-17(16)20/h4-10,12H,11H2,1-3H3,(H,21,22)/t12-/m1/s1. The van der Waals surface area contributed by atoms with Gasteiger partial charge in [-0.2, -0.15) is 0 Å². The van der Waals surface area contributed by atoms with Gasteiger partial charge in [0.15, 0.2) is 6.10 Å².